The van der Waals surface area contributed by atoms with Gasteiger partial charge in [0.2, 0.25) is 5.91 Å². The summed E-state index contributed by atoms with van der Waals surface area (Å²) >= 11 is 0. The maximum atomic E-state index is 13.2. The zero-order valence-electron chi connectivity index (χ0n) is 13.7. The van der Waals surface area contributed by atoms with Crippen LogP contribution in [0.5, 0.6) is 0 Å². The fraction of sp³-hybridized carbons (Fsp3) is 0.375. The van der Waals surface area contributed by atoms with E-state index in [0.29, 0.717) is 37.8 Å². The number of carbonyl (C=O) groups is 2. The Labute approximate surface area is 143 Å². The molecule has 0 unspecified atom stereocenters. The second kappa shape index (κ2) is 7.39. The Bertz CT molecular complexity index is 771. The van der Waals surface area contributed by atoms with Crippen LogP contribution in [0.2, 0.25) is 0 Å². The first-order valence-corrected chi connectivity index (χ1v) is 7.86. The number of hydrogen-bond acceptors (Lipinski definition) is 6. The summed E-state index contributed by atoms with van der Waals surface area (Å²) in [5.74, 6) is 0.0185. The molecule has 2 aromatic heterocycles. The van der Waals surface area contributed by atoms with Crippen LogP contribution < -0.4 is 5.32 Å². The van der Waals surface area contributed by atoms with Crippen LogP contribution in [-0.2, 0) is 4.79 Å². The molecule has 1 N–H and O–H groups in total. The summed E-state index contributed by atoms with van der Waals surface area (Å²) in [7, 11) is 0. The summed E-state index contributed by atoms with van der Waals surface area (Å²) in [6.07, 6.45) is 2.41. The van der Waals surface area contributed by atoms with E-state index in [1.165, 1.54) is 12.3 Å². The summed E-state index contributed by atoms with van der Waals surface area (Å²) in [6.45, 7) is 3.99. The normalized spacial score (nSPS) is 15.2. The second-order valence-corrected chi connectivity index (χ2v) is 5.83. The van der Waals surface area contributed by atoms with Gasteiger partial charge in [-0.1, -0.05) is 5.16 Å². The molecule has 9 heteroatoms. The Morgan fingerprint density at radius 3 is 2.64 bits per heavy atom. The maximum absolute atomic E-state index is 13.2. The fourth-order valence-electron chi connectivity index (χ4n) is 2.63. The van der Waals surface area contributed by atoms with Gasteiger partial charge >= 0.3 is 0 Å². The number of hydrogen-bond donors (Lipinski definition) is 1. The highest BCUT2D eigenvalue weighted by Crippen LogP contribution is 2.10. The van der Waals surface area contributed by atoms with Crippen molar-refractivity contribution in [2.45, 2.75) is 6.92 Å². The van der Waals surface area contributed by atoms with Crippen LogP contribution in [0.15, 0.2) is 29.0 Å². The lowest BCUT2D eigenvalue weighted by Crippen LogP contribution is -2.50. The molecule has 1 aliphatic rings. The van der Waals surface area contributed by atoms with E-state index in [4.69, 9.17) is 4.52 Å². The molecule has 2 aromatic rings. The van der Waals surface area contributed by atoms with E-state index in [2.05, 4.69) is 15.5 Å². The van der Waals surface area contributed by atoms with Crippen LogP contribution in [-0.4, -0.2) is 64.5 Å². The lowest BCUT2D eigenvalue weighted by molar-refractivity contribution is -0.117. The third-order valence-electron chi connectivity index (χ3n) is 3.87. The van der Waals surface area contributed by atoms with Crippen molar-refractivity contribution >= 4 is 17.6 Å². The van der Waals surface area contributed by atoms with Gasteiger partial charge in [0, 0.05) is 38.4 Å². The van der Waals surface area contributed by atoms with Crippen molar-refractivity contribution in [2.24, 2.45) is 0 Å². The first-order valence-electron chi connectivity index (χ1n) is 7.86. The van der Waals surface area contributed by atoms with Crippen molar-refractivity contribution in [1.29, 1.82) is 0 Å². The van der Waals surface area contributed by atoms with Crippen LogP contribution in [0.3, 0.4) is 0 Å². The number of piperazine rings is 1. The minimum absolute atomic E-state index is 0.192. The van der Waals surface area contributed by atoms with Crippen LogP contribution in [0.4, 0.5) is 10.2 Å². The molecule has 1 fully saturated rings. The topological polar surface area (TPSA) is 91.6 Å². The fourth-order valence-corrected chi connectivity index (χ4v) is 2.63. The van der Waals surface area contributed by atoms with E-state index < -0.39 is 5.82 Å². The lowest BCUT2D eigenvalue weighted by atomic mass is 10.2. The number of rotatable bonds is 4. The average Bonchev–Trinajstić information content (AvgIpc) is 2.99. The number of aryl methyl sites for hydroxylation is 1. The summed E-state index contributed by atoms with van der Waals surface area (Å²) < 4.78 is 18.1. The number of halogens is 1. The molecule has 0 atom stereocenters. The van der Waals surface area contributed by atoms with Crippen molar-refractivity contribution in [1.82, 2.24) is 19.9 Å². The van der Waals surface area contributed by atoms with Crippen LogP contribution in [0.25, 0.3) is 0 Å². The Hall–Kier alpha value is -2.81. The molecular weight excluding hydrogens is 329 g/mol. The molecular formula is C16H18FN5O3. The largest absolute Gasteiger partial charge is 0.360 e. The highest BCUT2D eigenvalue weighted by Gasteiger charge is 2.24. The molecule has 132 valence electrons. The molecule has 0 saturated carbocycles. The maximum Gasteiger partial charge on any atom is 0.255 e. The third kappa shape index (κ3) is 4.38. The van der Waals surface area contributed by atoms with E-state index in [9.17, 15) is 14.0 Å². The van der Waals surface area contributed by atoms with E-state index in [0.717, 1.165) is 6.20 Å². The highest BCUT2D eigenvalue weighted by atomic mass is 19.1. The molecule has 0 aromatic carbocycles. The molecule has 0 aliphatic carbocycles. The van der Waals surface area contributed by atoms with Gasteiger partial charge in [0.25, 0.3) is 5.91 Å². The van der Waals surface area contributed by atoms with Gasteiger partial charge in [0.15, 0.2) is 5.82 Å². The molecule has 1 aliphatic heterocycles. The number of aromatic nitrogens is 2. The summed E-state index contributed by atoms with van der Waals surface area (Å²) in [6, 6.07) is 2.82. The van der Waals surface area contributed by atoms with Crippen molar-refractivity contribution in [3.63, 3.8) is 0 Å². The van der Waals surface area contributed by atoms with Crippen molar-refractivity contribution in [2.75, 3.05) is 38.0 Å². The zero-order valence-corrected chi connectivity index (χ0v) is 13.7. The first kappa shape index (κ1) is 17.0. The van der Waals surface area contributed by atoms with Gasteiger partial charge in [-0.05, 0) is 13.0 Å². The number of pyridine rings is 1. The van der Waals surface area contributed by atoms with Crippen molar-refractivity contribution in [3.05, 3.63) is 41.7 Å². The summed E-state index contributed by atoms with van der Waals surface area (Å²) in [4.78, 5) is 31.6. The quantitative estimate of drug-likeness (QED) is 0.884. The van der Waals surface area contributed by atoms with Crippen LogP contribution >= 0.6 is 0 Å². The Balaban J connectivity index is 1.48. The molecule has 3 heterocycles. The van der Waals surface area contributed by atoms with Crippen LogP contribution in [0.1, 0.15) is 16.1 Å². The lowest BCUT2D eigenvalue weighted by Gasteiger charge is -2.34. The number of nitrogens with zero attached hydrogens (tertiary/aromatic N) is 4. The molecule has 1 saturated heterocycles. The highest BCUT2D eigenvalue weighted by molar-refractivity contribution is 5.94. The van der Waals surface area contributed by atoms with E-state index >= 15 is 0 Å². The SMILES string of the molecule is Cc1cc(NC(=O)CN2CCN(C(=O)c3cncc(F)c3)CC2)no1. The Kier molecular flexibility index (Phi) is 5.03. The number of amides is 2. The molecule has 3 rings (SSSR count). The van der Waals surface area contributed by atoms with Gasteiger partial charge < -0.3 is 14.7 Å². The smallest absolute Gasteiger partial charge is 0.255 e. The number of anilines is 1. The van der Waals surface area contributed by atoms with Crippen molar-refractivity contribution in [3.8, 4) is 0 Å². The molecule has 25 heavy (non-hydrogen) atoms. The summed E-state index contributed by atoms with van der Waals surface area (Å²) in [5, 5.41) is 6.37. The molecule has 0 radical (unpaired) electrons. The molecule has 0 bridgehead atoms. The van der Waals surface area contributed by atoms with Gasteiger partial charge in [-0.15, -0.1) is 0 Å². The van der Waals surface area contributed by atoms with Gasteiger partial charge in [-0.25, -0.2) is 4.39 Å². The summed E-state index contributed by atoms with van der Waals surface area (Å²) in [5.41, 5.74) is 0.229. The minimum Gasteiger partial charge on any atom is -0.360 e. The third-order valence-corrected chi connectivity index (χ3v) is 3.87. The second-order valence-electron chi connectivity index (χ2n) is 5.83. The molecule has 2 amide bonds. The minimum atomic E-state index is -0.538. The monoisotopic (exact) mass is 347 g/mol. The van der Waals surface area contributed by atoms with E-state index in [1.54, 1.807) is 17.9 Å². The van der Waals surface area contributed by atoms with Crippen molar-refractivity contribution < 1.29 is 18.5 Å². The predicted octanol–water partition coefficient (Wildman–Crippen LogP) is 0.914. The predicted molar refractivity (Wildman–Crippen MR) is 86.4 cm³/mol. The Morgan fingerprint density at radius 1 is 1.24 bits per heavy atom. The van der Waals surface area contributed by atoms with Gasteiger partial charge in [-0.2, -0.15) is 0 Å². The number of nitrogens with one attached hydrogen (secondary N) is 1. The molecule has 0 spiro atoms. The standard InChI is InChI=1S/C16H18FN5O3/c1-11-6-14(20-25-11)19-15(23)10-21-2-4-22(5-3-21)16(24)12-7-13(17)9-18-8-12/h6-9H,2-5,10H2,1H3,(H,19,20,23). The zero-order chi connectivity index (χ0) is 17.8. The van der Waals surface area contributed by atoms with Gasteiger partial charge in [-0.3, -0.25) is 19.5 Å². The van der Waals surface area contributed by atoms with Gasteiger partial charge in [0.1, 0.15) is 11.6 Å². The molecule has 8 nitrogen and oxygen atoms in total. The van der Waals surface area contributed by atoms with E-state index in [-0.39, 0.29) is 23.9 Å². The van der Waals surface area contributed by atoms with Crippen LogP contribution in [0, 0.1) is 12.7 Å². The first-order chi connectivity index (χ1) is 12.0. The average molecular weight is 347 g/mol. The van der Waals surface area contributed by atoms with Gasteiger partial charge in [0.05, 0.1) is 18.3 Å². The Morgan fingerprint density at radius 2 is 2.00 bits per heavy atom. The number of carbonyl (C=O) groups excluding carboxylic acids is 2. The van der Waals surface area contributed by atoms with E-state index in [1.807, 2.05) is 4.90 Å².